The van der Waals surface area contributed by atoms with E-state index in [9.17, 15) is 4.79 Å². The molecule has 1 aromatic rings. The fourth-order valence-corrected chi connectivity index (χ4v) is 2.52. The third-order valence-corrected chi connectivity index (χ3v) is 3.26. The van der Waals surface area contributed by atoms with Crippen LogP contribution in [0.5, 0.6) is 0 Å². The summed E-state index contributed by atoms with van der Waals surface area (Å²) in [5.41, 5.74) is 0. The van der Waals surface area contributed by atoms with Gasteiger partial charge in [0.05, 0.1) is 0 Å². The van der Waals surface area contributed by atoms with E-state index in [0.717, 1.165) is 19.5 Å². The van der Waals surface area contributed by atoms with Gasteiger partial charge in [-0.25, -0.2) is 0 Å². The van der Waals surface area contributed by atoms with Crippen LogP contribution in [0.25, 0.3) is 0 Å². The quantitative estimate of drug-likeness (QED) is 0.877. The average molecular weight is 266 g/mol. The number of hydrogen-bond donors (Lipinski definition) is 1. The molecule has 6 heteroatoms. The summed E-state index contributed by atoms with van der Waals surface area (Å²) in [4.78, 5) is 18.2. The predicted molar refractivity (Wildman–Crippen MR) is 70.6 cm³/mol. The summed E-state index contributed by atoms with van der Waals surface area (Å²) in [5, 5.41) is 7.16. The zero-order chi connectivity index (χ0) is 13.8. The zero-order valence-corrected chi connectivity index (χ0v) is 11.8. The Morgan fingerprint density at radius 2 is 2.11 bits per heavy atom. The van der Waals surface area contributed by atoms with Crippen molar-refractivity contribution in [2.75, 3.05) is 13.1 Å². The van der Waals surface area contributed by atoms with E-state index in [0.29, 0.717) is 36.6 Å². The van der Waals surface area contributed by atoms with E-state index in [-0.39, 0.29) is 5.91 Å². The van der Waals surface area contributed by atoms with Crippen molar-refractivity contribution < 1.29 is 9.32 Å². The molecule has 1 amide bonds. The Balaban J connectivity index is 1.74. The molecule has 2 rings (SSSR count). The van der Waals surface area contributed by atoms with E-state index in [2.05, 4.69) is 29.3 Å². The van der Waals surface area contributed by atoms with Gasteiger partial charge in [0.15, 0.2) is 5.82 Å². The Labute approximate surface area is 113 Å². The second-order valence-corrected chi connectivity index (χ2v) is 5.36. The first-order chi connectivity index (χ1) is 9.04. The molecule has 1 aliphatic heterocycles. The third kappa shape index (κ3) is 4.02. The van der Waals surface area contributed by atoms with Gasteiger partial charge in [0.2, 0.25) is 11.8 Å². The van der Waals surface area contributed by atoms with Crippen molar-refractivity contribution in [1.82, 2.24) is 20.4 Å². The Hall–Kier alpha value is -1.43. The zero-order valence-electron chi connectivity index (χ0n) is 11.8. The largest absolute Gasteiger partial charge is 0.340 e. The number of aryl methyl sites for hydroxylation is 2. The van der Waals surface area contributed by atoms with Gasteiger partial charge in [-0.15, -0.1) is 0 Å². The van der Waals surface area contributed by atoms with Crippen LogP contribution in [0.1, 0.15) is 38.4 Å². The minimum absolute atomic E-state index is 0.219. The highest BCUT2D eigenvalue weighted by atomic mass is 16.5. The molecule has 1 saturated heterocycles. The van der Waals surface area contributed by atoms with E-state index in [4.69, 9.17) is 4.52 Å². The molecule has 1 N–H and O–H groups in total. The first-order valence-corrected chi connectivity index (χ1v) is 6.87. The number of aromatic nitrogens is 2. The molecule has 0 unspecified atom stereocenters. The van der Waals surface area contributed by atoms with Gasteiger partial charge in [0.1, 0.15) is 0 Å². The Morgan fingerprint density at radius 3 is 2.68 bits per heavy atom. The van der Waals surface area contributed by atoms with Crippen LogP contribution in [0.4, 0.5) is 0 Å². The number of amides is 1. The van der Waals surface area contributed by atoms with Crippen LogP contribution < -0.4 is 5.32 Å². The van der Waals surface area contributed by atoms with E-state index < -0.39 is 0 Å². The lowest BCUT2D eigenvalue weighted by Crippen LogP contribution is -2.55. The smallest absolute Gasteiger partial charge is 0.226 e. The van der Waals surface area contributed by atoms with E-state index >= 15 is 0 Å². The van der Waals surface area contributed by atoms with Crippen LogP contribution in [0.2, 0.25) is 0 Å². The van der Waals surface area contributed by atoms with Gasteiger partial charge in [-0.3, -0.25) is 4.79 Å². The highest BCUT2D eigenvalue weighted by molar-refractivity contribution is 5.76. The maximum atomic E-state index is 12.1. The Bertz CT molecular complexity index is 422. The van der Waals surface area contributed by atoms with Gasteiger partial charge < -0.3 is 14.7 Å². The molecule has 0 aliphatic carbocycles. The number of rotatable bonds is 4. The molecule has 2 heterocycles. The molecule has 1 aromatic heterocycles. The normalized spacial score (nSPS) is 23.6. The van der Waals surface area contributed by atoms with Gasteiger partial charge in [0, 0.05) is 38.0 Å². The van der Waals surface area contributed by atoms with Gasteiger partial charge in [-0.2, -0.15) is 4.98 Å². The first-order valence-electron chi connectivity index (χ1n) is 6.87. The van der Waals surface area contributed by atoms with Crippen molar-refractivity contribution in [2.45, 2.75) is 52.1 Å². The molecule has 0 radical (unpaired) electrons. The number of nitrogens with zero attached hydrogens (tertiary/aromatic N) is 3. The summed E-state index contributed by atoms with van der Waals surface area (Å²) in [6, 6.07) is 0.734. The highest BCUT2D eigenvalue weighted by Gasteiger charge is 2.24. The van der Waals surface area contributed by atoms with Crippen LogP contribution in [0, 0.1) is 6.92 Å². The third-order valence-electron chi connectivity index (χ3n) is 3.26. The number of nitrogens with one attached hydrogen (secondary N) is 1. The summed E-state index contributed by atoms with van der Waals surface area (Å²) < 4.78 is 5.03. The van der Waals surface area contributed by atoms with Gasteiger partial charge in [-0.1, -0.05) is 5.16 Å². The number of piperazine rings is 1. The Morgan fingerprint density at radius 1 is 1.42 bits per heavy atom. The van der Waals surface area contributed by atoms with E-state index in [1.54, 1.807) is 6.92 Å². The van der Waals surface area contributed by atoms with E-state index in [1.807, 2.05) is 4.90 Å². The van der Waals surface area contributed by atoms with Crippen LogP contribution in [-0.2, 0) is 11.2 Å². The lowest BCUT2D eigenvalue weighted by Gasteiger charge is -2.36. The molecule has 1 fully saturated rings. The van der Waals surface area contributed by atoms with E-state index in [1.165, 1.54) is 0 Å². The lowest BCUT2D eigenvalue weighted by atomic mass is 10.1. The SMILES string of the molecule is Cc1noc(CCCC(=O)N2C[C@H](C)N[C@@H](C)C2)n1. The standard InChI is InChI=1S/C13H22N4O2/c1-9-7-17(8-10(2)14-9)13(18)6-4-5-12-15-11(3)16-19-12/h9-10,14H,4-8H2,1-3H3/t9-,10-/m0/s1. The highest BCUT2D eigenvalue weighted by Crippen LogP contribution is 2.09. The maximum Gasteiger partial charge on any atom is 0.226 e. The van der Waals surface area contributed by atoms with Crippen LogP contribution in [0.3, 0.4) is 0 Å². The summed E-state index contributed by atoms with van der Waals surface area (Å²) in [6.07, 6.45) is 1.97. The monoisotopic (exact) mass is 266 g/mol. The molecular weight excluding hydrogens is 244 g/mol. The summed E-state index contributed by atoms with van der Waals surface area (Å²) in [7, 11) is 0. The average Bonchev–Trinajstić information content (AvgIpc) is 2.73. The van der Waals surface area contributed by atoms with Crippen LogP contribution in [0.15, 0.2) is 4.52 Å². The molecule has 19 heavy (non-hydrogen) atoms. The fourth-order valence-electron chi connectivity index (χ4n) is 2.52. The topological polar surface area (TPSA) is 71.3 Å². The van der Waals surface area contributed by atoms with Gasteiger partial charge >= 0.3 is 0 Å². The Kier molecular flexibility index (Phi) is 4.52. The molecule has 0 aromatic carbocycles. The fraction of sp³-hybridized carbons (Fsp3) is 0.769. The number of hydrogen-bond acceptors (Lipinski definition) is 5. The summed E-state index contributed by atoms with van der Waals surface area (Å²) in [6.45, 7) is 7.60. The molecule has 0 saturated carbocycles. The van der Waals surface area contributed by atoms with Crippen molar-refractivity contribution in [2.24, 2.45) is 0 Å². The number of carbonyl (C=O) groups excluding carboxylic acids is 1. The summed E-state index contributed by atoms with van der Waals surface area (Å²) >= 11 is 0. The van der Waals surface area contributed by atoms with Crippen molar-refractivity contribution in [3.05, 3.63) is 11.7 Å². The van der Waals surface area contributed by atoms with Gasteiger partial charge in [-0.05, 0) is 27.2 Å². The minimum Gasteiger partial charge on any atom is -0.340 e. The van der Waals surface area contributed by atoms with Crippen molar-refractivity contribution in [3.63, 3.8) is 0 Å². The van der Waals surface area contributed by atoms with Crippen molar-refractivity contribution in [1.29, 1.82) is 0 Å². The van der Waals surface area contributed by atoms with Crippen LogP contribution in [-0.4, -0.2) is 46.1 Å². The first kappa shape index (κ1) is 14.0. The van der Waals surface area contributed by atoms with Gasteiger partial charge in [0.25, 0.3) is 0 Å². The lowest BCUT2D eigenvalue weighted by molar-refractivity contribution is -0.133. The molecule has 0 bridgehead atoms. The minimum atomic E-state index is 0.219. The molecular formula is C13H22N4O2. The molecule has 2 atom stereocenters. The molecule has 106 valence electrons. The summed E-state index contributed by atoms with van der Waals surface area (Å²) in [5.74, 6) is 1.48. The second kappa shape index (κ2) is 6.14. The number of carbonyl (C=O) groups is 1. The maximum absolute atomic E-state index is 12.1. The van der Waals surface area contributed by atoms with Crippen molar-refractivity contribution >= 4 is 5.91 Å². The second-order valence-electron chi connectivity index (χ2n) is 5.36. The van der Waals surface area contributed by atoms with Crippen molar-refractivity contribution in [3.8, 4) is 0 Å². The molecule has 1 aliphatic rings. The predicted octanol–water partition coefficient (Wildman–Crippen LogP) is 0.910. The molecule has 6 nitrogen and oxygen atoms in total. The molecule has 0 spiro atoms. The van der Waals surface area contributed by atoms with Crippen LogP contribution >= 0.6 is 0 Å².